The minimum atomic E-state index is 0.809. The Labute approximate surface area is 57.5 Å². The Morgan fingerprint density at radius 2 is 2.11 bits per heavy atom. The molecule has 0 bridgehead atoms. The molecule has 0 rings (SSSR count). The molecular weight excluding hydrogens is 114 g/mol. The lowest BCUT2D eigenvalue weighted by Crippen LogP contribution is -2.13. The minimum Gasteiger partial charge on any atom is -0.305 e. The third-order valence-electron chi connectivity index (χ3n) is 1.20. The predicted molar refractivity (Wildman–Crippen MR) is 39.1 cm³/mol. The molecule has 0 aromatic rings. The van der Waals surface area contributed by atoms with Crippen molar-refractivity contribution < 1.29 is 4.84 Å². The van der Waals surface area contributed by atoms with Crippen molar-refractivity contribution in [2.45, 2.75) is 26.7 Å². The molecule has 0 aliphatic rings. The third-order valence-corrected chi connectivity index (χ3v) is 1.20. The van der Waals surface area contributed by atoms with E-state index in [0.717, 1.165) is 12.5 Å². The van der Waals surface area contributed by atoms with Crippen LogP contribution in [-0.2, 0) is 4.84 Å². The van der Waals surface area contributed by atoms with Gasteiger partial charge in [-0.25, -0.2) is 5.48 Å². The van der Waals surface area contributed by atoms with E-state index < -0.39 is 0 Å². The van der Waals surface area contributed by atoms with E-state index in [1.54, 1.807) is 7.11 Å². The lowest BCUT2D eigenvalue weighted by Gasteiger charge is -2.03. The van der Waals surface area contributed by atoms with Gasteiger partial charge >= 0.3 is 0 Å². The Balaban J connectivity index is 2.75. The summed E-state index contributed by atoms with van der Waals surface area (Å²) in [5, 5.41) is 0. The Hall–Kier alpha value is -0.0800. The number of hydrogen-bond acceptors (Lipinski definition) is 2. The van der Waals surface area contributed by atoms with Crippen LogP contribution in [0.25, 0.3) is 0 Å². The van der Waals surface area contributed by atoms with Crippen molar-refractivity contribution in [1.82, 2.24) is 5.48 Å². The summed E-state index contributed by atoms with van der Waals surface area (Å²) in [5.41, 5.74) is 2.80. The van der Waals surface area contributed by atoms with Gasteiger partial charge < -0.3 is 4.84 Å². The van der Waals surface area contributed by atoms with Crippen LogP contribution in [0.1, 0.15) is 26.7 Å². The molecule has 2 heteroatoms. The molecule has 0 amide bonds. The van der Waals surface area contributed by atoms with E-state index in [-0.39, 0.29) is 0 Å². The van der Waals surface area contributed by atoms with E-state index >= 15 is 0 Å². The molecule has 1 N–H and O–H groups in total. The first-order chi connectivity index (χ1) is 4.27. The van der Waals surface area contributed by atoms with Gasteiger partial charge in [0.2, 0.25) is 0 Å². The number of hydroxylamine groups is 1. The molecule has 0 aliphatic heterocycles. The Bertz CT molecular complexity index is 54.9. The van der Waals surface area contributed by atoms with Crippen molar-refractivity contribution in [2.75, 3.05) is 13.7 Å². The second kappa shape index (κ2) is 6.05. The average molecular weight is 131 g/mol. The zero-order chi connectivity index (χ0) is 7.11. The van der Waals surface area contributed by atoms with Crippen molar-refractivity contribution in [3.8, 4) is 0 Å². The molecule has 0 fully saturated rings. The summed E-state index contributed by atoms with van der Waals surface area (Å²) in [6, 6.07) is 0. The molecular formula is C7H17NO. The lowest BCUT2D eigenvalue weighted by molar-refractivity contribution is 0.0899. The Morgan fingerprint density at radius 3 is 2.56 bits per heavy atom. The van der Waals surface area contributed by atoms with E-state index in [1.165, 1.54) is 12.8 Å². The van der Waals surface area contributed by atoms with Crippen LogP contribution in [0.5, 0.6) is 0 Å². The third kappa shape index (κ3) is 7.92. The van der Waals surface area contributed by atoms with Gasteiger partial charge in [0.05, 0.1) is 7.11 Å². The van der Waals surface area contributed by atoms with Crippen LogP contribution in [-0.4, -0.2) is 13.7 Å². The fourth-order valence-electron chi connectivity index (χ4n) is 0.685. The maximum absolute atomic E-state index is 4.67. The first-order valence-electron chi connectivity index (χ1n) is 3.53. The molecule has 9 heavy (non-hydrogen) atoms. The second-order valence-corrected chi connectivity index (χ2v) is 2.63. The quantitative estimate of drug-likeness (QED) is 0.451. The van der Waals surface area contributed by atoms with Crippen molar-refractivity contribution in [1.29, 1.82) is 0 Å². The molecule has 0 aliphatic carbocycles. The summed E-state index contributed by atoms with van der Waals surface area (Å²) in [7, 11) is 1.65. The van der Waals surface area contributed by atoms with Crippen LogP contribution in [0.2, 0.25) is 0 Å². The van der Waals surface area contributed by atoms with Gasteiger partial charge in [-0.05, 0) is 18.8 Å². The van der Waals surface area contributed by atoms with Crippen LogP contribution in [0.3, 0.4) is 0 Å². The molecule has 0 atom stereocenters. The number of rotatable bonds is 5. The highest BCUT2D eigenvalue weighted by Gasteiger charge is 1.91. The SMILES string of the molecule is CONCCCC(C)C. The van der Waals surface area contributed by atoms with Crippen LogP contribution in [0, 0.1) is 5.92 Å². The van der Waals surface area contributed by atoms with E-state index in [4.69, 9.17) is 0 Å². The van der Waals surface area contributed by atoms with Gasteiger partial charge in [-0.3, -0.25) is 0 Å². The highest BCUT2D eigenvalue weighted by molar-refractivity contribution is 4.45. The minimum absolute atomic E-state index is 0.809. The first-order valence-corrected chi connectivity index (χ1v) is 3.53. The monoisotopic (exact) mass is 131 g/mol. The summed E-state index contributed by atoms with van der Waals surface area (Å²) < 4.78 is 0. The van der Waals surface area contributed by atoms with Crippen LogP contribution in [0.15, 0.2) is 0 Å². The summed E-state index contributed by atoms with van der Waals surface area (Å²) in [5.74, 6) is 0.809. The van der Waals surface area contributed by atoms with Crippen molar-refractivity contribution in [3.63, 3.8) is 0 Å². The molecule has 0 radical (unpaired) electrons. The van der Waals surface area contributed by atoms with Gasteiger partial charge in [-0.2, -0.15) is 0 Å². The zero-order valence-corrected chi connectivity index (χ0v) is 6.61. The first kappa shape index (κ1) is 8.92. The molecule has 0 aromatic heterocycles. The van der Waals surface area contributed by atoms with Crippen molar-refractivity contribution in [3.05, 3.63) is 0 Å². The molecule has 0 unspecified atom stereocenters. The second-order valence-electron chi connectivity index (χ2n) is 2.63. The van der Waals surface area contributed by atoms with Gasteiger partial charge in [0.1, 0.15) is 0 Å². The van der Waals surface area contributed by atoms with Gasteiger partial charge in [0, 0.05) is 6.54 Å². The molecule has 0 saturated heterocycles. The molecule has 56 valence electrons. The summed E-state index contributed by atoms with van der Waals surface area (Å²) >= 11 is 0. The molecule has 0 heterocycles. The standard InChI is InChI=1S/C7H17NO/c1-7(2)5-4-6-8-9-3/h7-8H,4-6H2,1-3H3. The van der Waals surface area contributed by atoms with Gasteiger partial charge in [-0.15, -0.1) is 0 Å². The van der Waals surface area contributed by atoms with Crippen LogP contribution < -0.4 is 5.48 Å². The van der Waals surface area contributed by atoms with E-state index in [9.17, 15) is 0 Å². The van der Waals surface area contributed by atoms with Gasteiger partial charge in [0.25, 0.3) is 0 Å². The molecule has 0 saturated carbocycles. The fourth-order valence-corrected chi connectivity index (χ4v) is 0.685. The molecule has 0 aromatic carbocycles. The van der Waals surface area contributed by atoms with Crippen molar-refractivity contribution in [2.24, 2.45) is 5.92 Å². The number of hydrogen-bond donors (Lipinski definition) is 1. The Morgan fingerprint density at radius 1 is 1.44 bits per heavy atom. The normalized spacial score (nSPS) is 10.7. The van der Waals surface area contributed by atoms with Crippen LogP contribution >= 0.6 is 0 Å². The van der Waals surface area contributed by atoms with E-state index in [1.807, 2.05) is 0 Å². The average Bonchev–Trinajstić information content (AvgIpc) is 1.80. The largest absolute Gasteiger partial charge is 0.305 e. The summed E-state index contributed by atoms with van der Waals surface area (Å²) in [4.78, 5) is 4.67. The molecule has 2 nitrogen and oxygen atoms in total. The van der Waals surface area contributed by atoms with E-state index in [2.05, 4.69) is 24.2 Å². The fraction of sp³-hybridized carbons (Fsp3) is 1.00. The van der Waals surface area contributed by atoms with Gasteiger partial charge in [-0.1, -0.05) is 13.8 Å². The highest BCUT2D eigenvalue weighted by Crippen LogP contribution is 2.01. The van der Waals surface area contributed by atoms with Crippen molar-refractivity contribution >= 4 is 0 Å². The lowest BCUT2D eigenvalue weighted by atomic mass is 10.1. The number of nitrogens with one attached hydrogen (secondary N) is 1. The smallest absolute Gasteiger partial charge is 0.0572 e. The highest BCUT2D eigenvalue weighted by atomic mass is 16.6. The Kier molecular flexibility index (Phi) is 5.99. The summed E-state index contributed by atoms with van der Waals surface area (Å²) in [6.45, 7) is 5.42. The maximum atomic E-state index is 4.67. The summed E-state index contributed by atoms with van der Waals surface area (Å²) in [6.07, 6.45) is 2.47. The topological polar surface area (TPSA) is 21.3 Å². The maximum Gasteiger partial charge on any atom is 0.0572 e. The molecule has 0 spiro atoms. The van der Waals surface area contributed by atoms with Crippen LogP contribution in [0.4, 0.5) is 0 Å². The predicted octanol–water partition coefficient (Wildman–Crippen LogP) is 1.57. The van der Waals surface area contributed by atoms with E-state index in [0.29, 0.717) is 0 Å². The van der Waals surface area contributed by atoms with Gasteiger partial charge in [0.15, 0.2) is 0 Å². The zero-order valence-electron chi connectivity index (χ0n) is 6.61.